The van der Waals surface area contributed by atoms with Gasteiger partial charge >= 0.3 is 0 Å². The van der Waals surface area contributed by atoms with Crippen LogP contribution >= 0.6 is 0 Å². The van der Waals surface area contributed by atoms with Crippen molar-refractivity contribution in [2.45, 2.75) is 25.8 Å². The number of aromatic nitrogens is 4. The molecule has 1 aromatic carbocycles. The number of nitrogens with zero attached hydrogens (tertiary/aromatic N) is 4. The van der Waals surface area contributed by atoms with Crippen LogP contribution in [0.4, 0.5) is 5.69 Å². The minimum atomic E-state index is 0.224. The predicted molar refractivity (Wildman–Crippen MR) is 96.5 cm³/mol. The molecule has 0 amide bonds. The van der Waals surface area contributed by atoms with Crippen LogP contribution in [0, 0.1) is 0 Å². The van der Waals surface area contributed by atoms with E-state index in [1.54, 1.807) is 6.33 Å². The Balaban J connectivity index is 1.59. The van der Waals surface area contributed by atoms with E-state index in [4.69, 9.17) is 4.74 Å². The Bertz CT molecular complexity index is 889. The Morgan fingerprint density at radius 3 is 3.00 bits per heavy atom. The summed E-state index contributed by atoms with van der Waals surface area (Å²) in [6.45, 7) is 2.97. The molecule has 25 heavy (non-hydrogen) atoms. The second kappa shape index (κ2) is 6.55. The van der Waals surface area contributed by atoms with Crippen LogP contribution in [0.2, 0.25) is 0 Å². The summed E-state index contributed by atoms with van der Waals surface area (Å²) in [7, 11) is 1.93. The maximum atomic E-state index is 5.61. The number of fused-ring (bicyclic) bond motifs is 1. The average molecular weight is 335 g/mol. The summed E-state index contributed by atoms with van der Waals surface area (Å²) in [5.41, 5.74) is 4.49. The number of pyridine rings is 1. The molecule has 2 aromatic heterocycles. The molecule has 1 N–H and O–H groups in total. The standard InChI is InChI=1S/C19H21N5O/c1-3-17(13-4-5-18-14(8-13)6-7-25-18)22-16-9-15(10-20-11-16)19-23-21-12-24(19)2/h4-5,8-12,17,22H,3,6-7H2,1-2H3/t17-/m1/s1. The first-order chi connectivity index (χ1) is 12.2. The number of hydrogen-bond donors (Lipinski definition) is 1. The van der Waals surface area contributed by atoms with Gasteiger partial charge in [0.1, 0.15) is 12.1 Å². The molecular weight excluding hydrogens is 314 g/mol. The highest BCUT2D eigenvalue weighted by Crippen LogP contribution is 2.31. The monoisotopic (exact) mass is 335 g/mol. The van der Waals surface area contributed by atoms with Gasteiger partial charge in [-0.05, 0) is 35.7 Å². The van der Waals surface area contributed by atoms with Gasteiger partial charge in [-0.1, -0.05) is 13.0 Å². The fourth-order valence-corrected chi connectivity index (χ4v) is 3.23. The van der Waals surface area contributed by atoms with E-state index in [1.807, 2.05) is 24.0 Å². The molecule has 0 bridgehead atoms. The van der Waals surface area contributed by atoms with Gasteiger partial charge in [0.25, 0.3) is 0 Å². The van der Waals surface area contributed by atoms with Crippen molar-refractivity contribution in [3.05, 3.63) is 54.1 Å². The molecule has 4 rings (SSSR count). The fourth-order valence-electron chi connectivity index (χ4n) is 3.23. The van der Waals surface area contributed by atoms with Crippen molar-refractivity contribution in [2.24, 2.45) is 7.05 Å². The second-order valence-electron chi connectivity index (χ2n) is 6.30. The van der Waals surface area contributed by atoms with Gasteiger partial charge in [0.05, 0.1) is 18.3 Å². The van der Waals surface area contributed by atoms with E-state index in [0.29, 0.717) is 0 Å². The van der Waals surface area contributed by atoms with Gasteiger partial charge in [-0.2, -0.15) is 0 Å². The van der Waals surface area contributed by atoms with Gasteiger partial charge < -0.3 is 14.6 Å². The van der Waals surface area contributed by atoms with Crippen molar-refractivity contribution in [2.75, 3.05) is 11.9 Å². The molecule has 6 heteroatoms. The van der Waals surface area contributed by atoms with Crippen LogP contribution in [0.1, 0.15) is 30.5 Å². The quantitative estimate of drug-likeness (QED) is 0.774. The third-order valence-corrected chi connectivity index (χ3v) is 4.57. The molecule has 128 valence electrons. The smallest absolute Gasteiger partial charge is 0.165 e. The van der Waals surface area contributed by atoms with Crippen LogP contribution in [0.15, 0.2) is 43.0 Å². The van der Waals surface area contributed by atoms with Crippen LogP contribution in [0.5, 0.6) is 5.75 Å². The number of rotatable bonds is 5. The highest BCUT2D eigenvalue weighted by Gasteiger charge is 2.16. The summed E-state index contributed by atoms with van der Waals surface area (Å²) in [6.07, 6.45) is 7.31. The topological polar surface area (TPSA) is 64.9 Å². The van der Waals surface area contributed by atoms with E-state index >= 15 is 0 Å². The summed E-state index contributed by atoms with van der Waals surface area (Å²) in [6, 6.07) is 8.77. The fraction of sp³-hybridized carbons (Fsp3) is 0.316. The van der Waals surface area contributed by atoms with Crippen molar-refractivity contribution < 1.29 is 4.74 Å². The summed E-state index contributed by atoms with van der Waals surface area (Å²) >= 11 is 0. The Morgan fingerprint density at radius 1 is 1.28 bits per heavy atom. The zero-order chi connectivity index (χ0) is 17.2. The molecule has 0 saturated carbocycles. The third kappa shape index (κ3) is 3.07. The van der Waals surface area contributed by atoms with Gasteiger partial charge in [0, 0.05) is 31.4 Å². The van der Waals surface area contributed by atoms with Gasteiger partial charge in [0.15, 0.2) is 5.82 Å². The molecule has 0 fully saturated rings. The first kappa shape index (κ1) is 15.6. The van der Waals surface area contributed by atoms with Gasteiger partial charge in [-0.25, -0.2) is 0 Å². The van der Waals surface area contributed by atoms with Crippen molar-refractivity contribution in [3.63, 3.8) is 0 Å². The number of benzene rings is 1. The molecule has 1 aliphatic rings. The van der Waals surface area contributed by atoms with Crippen molar-refractivity contribution in [1.82, 2.24) is 19.7 Å². The van der Waals surface area contributed by atoms with Gasteiger partial charge in [-0.3, -0.25) is 4.98 Å². The lowest BCUT2D eigenvalue weighted by molar-refractivity contribution is 0.357. The molecule has 3 aromatic rings. The summed E-state index contributed by atoms with van der Waals surface area (Å²) in [4.78, 5) is 4.36. The Hall–Kier alpha value is -2.89. The molecule has 0 saturated heterocycles. The SMILES string of the molecule is CC[C@@H](Nc1cncc(-c2nncn2C)c1)c1ccc2c(c1)CCO2. The van der Waals surface area contributed by atoms with Crippen LogP contribution in [0.3, 0.4) is 0 Å². The first-order valence-electron chi connectivity index (χ1n) is 8.56. The highest BCUT2D eigenvalue weighted by molar-refractivity contribution is 5.61. The Kier molecular flexibility index (Phi) is 4.09. The van der Waals surface area contributed by atoms with E-state index in [0.717, 1.165) is 42.3 Å². The molecule has 0 unspecified atom stereocenters. The number of ether oxygens (including phenoxy) is 1. The number of nitrogens with one attached hydrogen (secondary N) is 1. The molecular formula is C19H21N5O. The predicted octanol–water partition coefficient (Wildman–Crippen LogP) is 3.38. The lowest BCUT2D eigenvalue weighted by Gasteiger charge is -2.19. The summed E-state index contributed by atoms with van der Waals surface area (Å²) in [5.74, 6) is 1.82. The molecule has 0 aliphatic carbocycles. The maximum Gasteiger partial charge on any atom is 0.165 e. The zero-order valence-electron chi connectivity index (χ0n) is 14.4. The van der Waals surface area contributed by atoms with Crippen LogP contribution in [-0.4, -0.2) is 26.4 Å². The summed E-state index contributed by atoms with van der Waals surface area (Å²) < 4.78 is 7.50. The lowest BCUT2D eigenvalue weighted by atomic mass is 10.0. The third-order valence-electron chi connectivity index (χ3n) is 4.57. The van der Waals surface area contributed by atoms with Crippen LogP contribution < -0.4 is 10.1 Å². The second-order valence-corrected chi connectivity index (χ2v) is 6.30. The molecule has 1 aliphatic heterocycles. The van der Waals surface area contributed by atoms with E-state index in [-0.39, 0.29) is 6.04 Å². The molecule has 6 nitrogen and oxygen atoms in total. The van der Waals surface area contributed by atoms with Crippen molar-refractivity contribution >= 4 is 5.69 Å². The number of hydrogen-bond acceptors (Lipinski definition) is 5. The zero-order valence-corrected chi connectivity index (χ0v) is 14.4. The molecule has 1 atom stereocenters. The Labute approximate surface area is 146 Å². The normalized spacial score (nSPS) is 14.0. The average Bonchev–Trinajstić information content (AvgIpc) is 3.27. The Morgan fingerprint density at radius 2 is 2.20 bits per heavy atom. The van der Waals surface area contributed by atoms with Crippen molar-refractivity contribution in [3.8, 4) is 17.1 Å². The number of aryl methyl sites for hydroxylation is 1. The van der Waals surface area contributed by atoms with E-state index in [1.165, 1.54) is 11.1 Å². The molecule has 0 radical (unpaired) electrons. The van der Waals surface area contributed by atoms with Crippen LogP contribution in [0.25, 0.3) is 11.4 Å². The summed E-state index contributed by atoms with van der Waals surface area (Å²) in [5, 5.41) is 11.7. The van der Waals surface area contributed by atoms with Crippen LogP contribution in [-0.2, 0) is 13.5 Å². The largest absolute Gasteiger partial charge is 0.493 e. The van der Waals surface area contributed by atoms with E-state index in [2.05, 4.69) is 51.7 Å². The number of anilines is 1. The first-order valence-corrected chi connectivity index (χ1v) is 8.56. The van der Waals surface area contributed by atoms with Crippen molar-refractivity contribution in [1.29, 1.82) is 0 Å². The minimum Gasteiger partial charge on any atom is -0.493 e. The highest BCUT2D eigenvalue weighted by atomic mass is 16.5. The molecule has 3 heterocycles. The van der Waals surface area contributed by atoms with Gasteiger partial charge in [-0.15, -0.1) is 10.2 Å². The minimum absolute atomic E-state index is 0.224. The van der Waals surface area contributed by atoms with E-state index < -0.39 is 0 Å². The molecule has 0 spiro atoms. The van der Waals surface area contributed by atoms with E-state index in [9.17, 15) is 0 Å². The van der Waals surface area contributed by atoms with Gasteiger partial charge in [0.2, 0.25) is 0 Å². The maximum absolute atomic E-state index is 5.61. The lowest BCUT2D eigenvalue weighted by Crippen LogP contribution is -2.10.